The number of rotatable bonds is 10. The molecule has 0 spiro atoms. The molecular weight excluding hydrogens is 206 g/mol. The Bertz CT molecular complexity index is 167. The van der Waals surface area contributed by atoms with E-state index in [1.54, 1.807) is 0 Å². The van der Waals surface area contributed by atoms with Crippen molar-refractivity contribution in [2.45, 2.75) is 90.0 Å². The molecule has 1 heteroatoms. The lowest BCUT2D eigenvalue weighted by Crippen LogP contribution is -2.21. The van der Waals surface area contributed by atoms with Crippen LogP contribution in [0.15, 0.2) is 0 Å². The summed E-state index contributed by atoms with van der Waals surface area (Å²) in [4.78, 5) is 0. The topological polar surface area (TPSA) is 12.0 Å². The van der Waals surface area contributed by atoms with Crippen molar-refractivity contribution in [1.29, 1.82) is 0 Å². The van der Waals surface area contributed by atoms with E-state index in [1.807, 2.05) is 0 Å². The molecule has 102 valence electrons. The Morgan fingerprint density at radius 1 is 0.882 bits per heavy atom. The van der Waals surface area contributed by atoms with Crippen molar-refractivity contribution in [3.05, 3.63) is 0 Å². The molecule has 0 bridgehead atoms. The van der Waals surface area contributed by atoms with Crippen LogP contribution in [0.1, 0.15) is 84.0 Å². The summed E-state index contributed by atoms with van der Waals surface area (Å²) in [6.07, 6.45) is 17.5. The third-order valence-electron chi connectivity index (χ3n) is 4.42. The van der Waals surface area contributed by atoms with Crippen LogP contribution in [0.5, 0.6) is 0 Å². The first-order valence-corrected chi connectivity index (χ1v) is 8.04. The predicted octanol–water partition coefficient (Wildman–Crippen LogP) is 4.91. The van der Waals surface area contributed by atoms with Gasteiger partial charge in [0.05, 0.1) is 0 Å². The normalized spacial score (nSPS) is 24.4. The second-order valence-electron chi connectivity index (χ2n) is 5.93. The standard InChI is InChI=1S/C16H33N/c1-3-4-5-6-7-8-9-10-11-15-12-13-16(14-15)17-2/h15-17H,3-14H2,1-2H3. The molecule has 1 rings (SSSR count). The second-order valence-corrected chi connectivity index (χ2v) is 5.93. The molecule has 1 saturated carbocycles. The lowest BCUT2D eigenvalue weighted by atomic mass is 9.98. The Kier molecular flexibility index (Phi) is 8.78. The third kappa shape index (κ3) is 7.08. The van der Waals surface area contributed by atoms with Gasteiger partial charge < -0.3 is 5.32 Å². The van der Waals surface area contributed by atoms with E-state index < -0.39 is 0 Å². The summed E-state index contributed by atoms with van der Waals surface area (Å²) < 4.78 is 0. The first-order chi connectivity index (χ1) is 8.36. The molecule has 0 amide bonds. The van der Waals surface area contributed by atoms with Gasteiger partial charge >= 0.3 is 0 Å². The van der Waals surface area contributed by atoms with Gasteiger partial charge in [-0.1, -0.05) is 64.7 Å². The quantitative estimate of drug-likeness (QED) is 0.534. The Balaban J connectivity index is 1.81. The van der Waals surface area contributed by atoms with Crippen LogP contribution in [0.4, 0.5) is 0 Å². The Labute approximate surface area is 109 Å². The lowest BCUT2D eigenvalue weighted by Gasteiger charge is -2.10. The van der Waals surface area contributed by atoms with Crippen LogP contribution in [-0.4, -0.2) is 13.1 Å². The number of nitrogens with one attached hydrogen (secondary N) is 1. The molecule has 2 unspecified atom stereocenters. The molecule has 1 aliphatic carbocycles. The van der Waals surface area contributed by atoms with E-state index >= 15 is 0 Å². The average Bonchev–Trinajstić information content (AvgIpc) is 2.80. The highest BCUT2D eigenvalue weighted by Crippen LogP contribution is 2.29. The summed E-state index contributed by atoms with van der Waals surface area (Å²) in [5.74, 6) is 1.03. The SMILES string of the molecule is CCCCCCCCCCC1CCC(NC)C1. The number of unbranched alkanes of at least 4 members (excludes halogenated alkanes) is 7. The summed E-state index contributed by atoms with van der Waals surface area (Å²) in [5.41, 5.74) is 0. The second kappa shape index (κ2) is 9.94. The maximum absolute atomic E-state index is 3.42. The third-order valence-corrected chi connectivity index (χ3v) is 4.42. The van der Waals surface area contributed by atoms with Gasteiger partial charge in [0.1, 0.15) is 0 Å². The molecule has 0 aromatic heterocycles. The summed E-state index contributed by atoms with van der Waals surface area (Å²) in [7, 11) is 2.11. The summed E-state index contributed by atoms with van der Waals surface area (Å²) in [6.45, 7) is 2.29. The van der Waals surface area contributed by atoms with Gasteiger partial charge in [0.2, 0.25) is 0 Å². The molecule has 1 fully saturated rings. The van der Waals surface area contributed by atoms with Crippen molar-refractivity contribution in [3.63, 3.8) is 0 Å². The first-order valence-electron chi connectivity index (χ1n) is 8.04. The Morgan fingerprint density at radius 2 is 1.53 bits per heavy atom. The lowest BCUT2D eigenvalue weighted by molar-refractivity contribution is 0.447. The zero-order chi connectivity index (χ0) is 12.3. The molecule has 1 aliphatic rings. The van der Waals surface area contributed by atoms with E-state index in [0.29, 0.717) is 0 Å². The Morgan fingerprint density at radius 3 is 2.12 bits per heavy atom. The summed E-state index contributed by atoms with van der Waals surface area (Å²) in [6, 6.07) is 0.828. The zero-order valence-electron chi connectivity index (χ0n) is 12.1. The number of hydrogen-bond acceptors (Lipinski definition) is 1. The van der Waals surface area contributed by atoms with Gasteiger partial charge in [-0.3, -0.25) is 0 Å². The van der Waals surface area contributed by atoms with Crippen LogP contribution < -0.4 is 5.32 Å². The molecule has 0 aromatic carbocycles. The molecule has 0 aromatic rings. The van der Waals surface area contributed by atoms with Crippen LogP contribution in [0.25, 0.3) is 0 Å². The van der Waals surface area contributed by atoms with Crippen LogP contribution in [0, 0.1) is 5.92 Å². The minimum Gasteiger partial charge on any atom is -0.317 e. The molecule has 0 radical (unpaired) electrons. The molecular formula is C16H33N. The van der Waals surface area contributed by atoms with Crippen LogP contribution in [-0.2, 0) is 0 Å². The minimum absolute atomic E-state index is 0.828. The van der Waals surface area contributed by atoms with Gasteiger partial charge in [0.25, 0.3) is 0 Å². The maximum atomic E-state index is 3.42. The van der Waals surface area contributed by atoms with E-state index in [1.165, 1.54) is 77.0 Å². The fourth-order valence-electron chi connectivity index (χ4n) is 3.17. The van der Waals surface area contributed by atoms with Gasteiger partial charge in [-0.05, 0) is 32.2 Å². The van der Waals surface area contributed by atoms with Gasteiger partial charge in [0.15, 0.2) is 0 Å². The highest BCUT2D eigenvalue weighted by atomic mass is 14.9. The fourth-order valence-corrected chi connectivity index (χ4v) is 3.17. The largest absolute Gasteiger partial charge is 0.317 e. The zero-order valence-corrected chi connectivity index (χ0v) is 12.1. The van der Waals surface area contributed by atoms with Crippen LogP contribution in [0.2, 0.25) is 0 Å². The molecule has 2 atom stereocenters. The minimum atomic E-state index is 0.828. The van der Waals surface area contributed by atoms with E-state index in [-0.39, 0.29) is 0 Å². The molecule has 0 saturated heterocycles. The van der Waals surface area contributed by atoms with Crippen molar-refractivity contribution < 1.29 is 0 Å². The van der Waals surface area contributed by atoms with Gasteiger partial charge in [0, 0.05) is 6.04 Å². The van der Waals surface area contributed by atoms with Crippen molar-refractivity contribution in [1.82, 2.24) is 5.32 Å². The summed E-state index contributed by atoms with van der Waals surface area (Å²) in [5, 5.41) is 3.42. The molecule has 1 N–H and O–H groups in total. The van der Waals surface area contributed by atoms with Crippen molar-refractivity contribution >= 4 is 0 Å². The molecule has 1 nitrogen and oxygen atoms in total. The van der Waals surface area contributed by atoms with E-state index in [0.717, 1.165) is 12.0 Å². The van der Waals surface area contributed by atoms with E-state index in [2.05, 4.69) is 19.3 Å². The Hall–Kier alpha value is -0.0400. The van der Waals surface area contributed by atoms with Crippen molar-refractivity contribution in [2.24, 2.45) is 5.92 Å². The molecule has 17 heavy (non-hydrogen) atoms. The molecule has 0 aliphatic heterocycles. The highest BCUT2D eigenvalue weighted by molar-refractivity contribution is 4.79. The van der Waals surface area contributed by atoms with Crippen molar-refractivity contribution in [2.75, 3.05) is 7.05 Å². The van der Waals surface area contributed by atoms with E-state index in [9.17, 15) is 0 Å². The van der Waals surface area contributed by atoms with E-state index in [4.69, 9.17) is 0 Å². The predicted molar refractivity (Wildman–Crippen MR) is 77.4 cm³/mol. The average molecular weight is 239 g/mol. The monoisotopic (exact) mass is 239 g/mol. The van der Waals surface area contributed by atoms with Crippen LogP contribution in [0.3, 0.4) is 0 Å². The van der Waals surface area contributed by atoms with Gasteiger partial charge in [-0.15, -0.1) is 0 Å². The molecule has 0 heterocycles. The maximum Gasteiger partial charge on any atom is 0.00668 e. The van der Waals surface area contributed by atoms with Crippen LogP contribution >= 0.6 is 0 Å². The first kappa shape index (κ1) is 15.0. The fraction of sp³-hybridized carbons (Fsp3) is 1.00. The van der Waals surface area contributed by atoms with Crippen molar-refractivity contribution in [3.8, 4) is 0 Å². The van der Waals surface area contributed by atoms with Gasteiger partial charge in [-0.2, -0.15) is 0 Å². The smallest absolute Gasteiger partial charge is 0.00668 e. The summed E-state index contributed by atoms with van der Waals surface area (Å²) >= 11 is 0. The highest BCUT2D eigenvalue weighted by Gasteiger charge is 2.22. The number of hydrogen-bond donors (Lipinski definition) is 1. The van der Waals surface area contributed by atoms with Gasteiger partial charge in [-0.25, -0.2) is 0 Å².